The number of H-pyrrole nitrogens is 2. The van der Waals surface area contributed by atoms with Gasteiger partial charge in [0.05, 0.1) is 0 Å². The van der Waals surface area contributed by atoms with E-state index in [1.165, 1.54) is 21.0 Å². The summed E-state index contributed by atoms with van der Waals surface area (Å²) in [4.78, 5) is 37.9. The zero-order valence-electron chi connectivity index (χ0n) is 27.2. The first-order chi connectivity index (χ1) is 25.7. The van der Waals surface area contributed by atoms with Crippen LogP contribution in [0.25, 0.3) is 100 Å². The Bertz CT molecular complexity index is 2720. The van der Waals surface area contributed by atoms with Crippen LogP contribution in [-0.2, 0) is 14.9 Å². The van der Waals surface area contributed by atoms with Gasteiger partial charge in [-0.05, 0) is 0 Å². The fraction of sp³-hybridized carbons (Fsp3) is 0. The molecule has 0 aliphatic carbocycles. The van der Waals surface area contributed by atoms with E-state index < -0.39 is 0 Å². The molecule has 0 amide bonds. The normalized spacial score (nSPS) is 11.7. The van der Waals surface area contributed by atoms with Gasteiger partial charge in [0.15, 0.2) is 23.3 Å². The van der Waals surface area contributed by atoms with Crippen LogP contribution in [-0.4, -0.2) is 39.9 Å². The fourth-order valence-electron chi connectivity index (χ4n) is 6.80. The maximum absolute atomic E-state index is 5.04. The van der Waals surface area contributed by atoms with Crippen LogP contribution in [0.4, 0.5) is 0 Å². The molecule has 0 spiro atoms. The van der Waals surface area contributed by atoms with Gasteiger partial charge in [0.1, 0.15) is 22.6 Å². The Morgan fingerprint density at radius 1 is 0.365 bits per heavy atom. The van der Waals surface area contributed by atoms with E-state index in [9.17, 15) is 0 Å². The van der Waals surface area contributed by atoms with Crippen molar-refractivity contribution in [2.45, 2.75) is 4.90 Å². The van der Waals surface area contributed by atoms with E-state index in [-0.39, 0.29) is 0 Å². The third-order valence-electron chi connectivity index (χ3n) is 9.25. The second-order valence-corrected chi connectivity index (χ2v) is 13.5. The summed E-state index contributed by atoms with van der Waals surface area (Å²) < 4.78 is 0. The van der Waals surface area contributed by atoms with Crippen molar-refractivity contribution in [3.63, 3.8) is 0 Å². The van der Waals surface area contributed by atoms with Crippen molar-refractivity contribution in [1.82, 2.24) is 39.9 Å². The second-order valence-electron chi connectivity index (χ2n) is 12.4. The molecule has 0 unspecified atom stereocenters. The van der Waals surface area contributed by atoms with E-state index in [1.807, 2.05) is 109 Å². The van der Waals surface area contributed by atoms with Gasteiger partial charge in [-0.25, -0.2) is 29.9 Å². The van der Waals surface area contributed by atoms with Crippen LogP contribution >= 0.6 is 10.2 Å². The number of rotatable bonds is 1. The van der Waals surface area contributed by atoms with Gasteiger partial charge in [-0.2, -0.15) is 0 Å². The number of benzene rings is 6. The van der Waals surface area contributed by atoms with Crippen LogP contribution in [0.1, 0.15) is 0 Å². The molecule has 5 heterocycles. The Labute approximate surface area is 308 Å². The van der Waals surface area contributed by atoms with Crippen LogP contribution in [0.5, 0.6) is 0 Å². The quantitative estimate of drug-likeness (QED) is 0.162. The molecule has 9 aromatic rings. The van der Waals surface area contributed by atoms with Crippen molar-refractivity contribution in [1.29, 1.82) is 0 Å². The number of fused-ring (bicyclic) bond motifs is 21. The molecule has 0 fully saturated rings. The molecule has 2 N–H and O–H groups in total. The third kappa shape index (κ3) is 5.24. The number of hydrogen-bond acceptors (Lipinski definition) is 7. The first-order valence-corrected chi connectivity index (χ1v) is 18.4. The number of nitrogens with zero attached hydrogens (tertiary/aromatic N) is 6. The summed E-state index contributed by atoms with van der Waals surface area (Å²) in [6.07, 6.45) is 0. The summed E-state index contributed by atoms with van der Waals surface area (Å²) in [5.74, 6) is 2.39. The molecule has 52 heavy (non-hydrogen) atoms. The molecule has 11 rings (SSSR count). The summed E-state index contributed by atoms with van der Waals surface area (Å²) in [6, 6.07) is 46.8. The maximum atomic E-state index is 5.04. The molecule has 0 radical (unpaired) electrons. The topological polar surface area (TPSA) is 109 Å². The van der Waals surface area contributed by atoms with Crippen molar-refractivity contribution in [3.8, 4) is 45.6 Å². The molecule has 6 aromatic carbocycles. The monoisotopic (exact) mass is 736 g/mol. The van der Waals surface area contributed by atoms with Gasteiger partial charge in [-0.15, -0.1) is 0 Å². The van der Waals surface area contributed by atoms with E-state index in [4.69, 9.17) is 44.8 Å². The van der Waals surface area contributed by atoms with E-state index >= 15 is 0 Å². The molecule has 0 atom stereocenters. The number of aromatic amines is 2. The Morgan fingerprint density at radius 3 is 1.10 bits per heavy atom. The van der Waals surface area contributed by atoms with Crippen molar-refractivity contribution in [2.75, 3.05) is 0 Å². The average Bonchev–Trinajstić information content (AvgIpc) is 3.94. The minimum Gasteiger partial charge on any atom is -0.324 e. The minimum atomic E-state index is 0.597. The molecule has 250 valence electrons. The van der Waals surface area contributed by atoms with Crippen LogP contribution in [0.3, 0.4) is 0 Å². The Hall–Kier alpha value is -6.19. The Morgan fingerprint density at radius 2 is 0.712 bits per heavy atom. The van der Waals surface area contributed by atoms with Crippen molar-refractivity contribution < 1.29 is 14.9 Å². The van der Waals surface area contributed by atoms with E-state index in [2.05, 4.69) is 40.3 Å². The zero-order valence-corrected chi connectivity index (χ0v) is 28.9. The van der Waals surface area contributed by atoms with Crippen molar-refractivity contribution in [2.24, 2.45) is 0 Å². The van der Waals surface area contributed by atoms with Gasteiger partial charge in [0, 0.05) is 43.8 Å². The maximum Gasteiger partial charge on any atom is 0.164 e. The first kappa shape index (κ1) is 30.6. The predicted octanol–water partition coefficient (Wildman–Crippen LogP) is 10.3. The van der Waals surface area contributed by atoms with Gasteiger partial charge < -0.3 is 9.97 Å². The summed E-state index contributed by atoms with van der Waals surface area (Å²) in [5, 5.41) is 6.34. The van der Waals surface area contributed by atoms with Gasteiger partial charge in [-0.1, -0.05) is 97.1 Å². The number of nitrogens with one attached hydrogen (secondary N) is 2. The molecule has 3 aromatic heterocycles. The van der Waals surface area contributed by atoms with E-state index in [0.29, 0.717) is 45.9 Å². The molecule has 8 bridgehead atoms. The van der Waals surface area contributed by atoms with Crippen LogP contribution < -0.4 is 0 Å². The summed E-state index contributed by atoms with van der Waals surface area (Å²) >= 11 is 5.04. The molecular weight excluding hydrogens is 712 g/mol. The van der Waals surface area contributed by atoms with E-state index in [1.54, 1.807) is 0 Å². The molecule has 2 aliphatic heterocycles. The fourth-order valence-corrected chi connectivity index (χ4v) is 7.43. The molecule has 10 heteroatoms. The number of hydrogen-bond donors (Lipinski definition) is 2. The van der Waals surface area contributed by atoms with Gasteiger partial charge in [0.25, 0.3) is 0 Å². The minimum absolute atomic E-state index is 0.597. The molecule has 0 saturated carbocycles. The Balaban J connectivity index is 0.000000240. The van der Waals surface area contributed by atoms with Crippen LogP contribution in [0.15, 0.2) is 144 Å². The van der Waals surface area contributed by atoms with Crippen molar-refractivity contribution >= 4 is 65.1 Å². The smallest absolute Gasteiger partial charge is 0.164 e. The third-order valence-corrected chi connectivity index (χ3v) is 10.3. The number of aromatic nitrogens is 8. The summed E-state index contributed by atoms with van der Waals surface area (Å²) in [5.41, 5.74) is 6.45. The predicted molar refractivity (Wildman–Crippen MR) is 206 cm³/mol. The average molecular weight is 737 g/mol. The first-order valence-electron chi connectivity index (χ1n) is 16.6. The standard InChI is InChI=1S/C32H18N8.C10H8S.Cu/c1-2-10-18-17(9-1)25-33-26(18)38-28-21-13-5-6-14-22(21)30(35-28)40-32-24-16-8-7-15-23(24)31(36-32)39-29-20-12-4-3-11-19(20)27(34-29)37-25;11-10-6-5-8-3-1-2-4-9(8)7-10;/h1-16H,(H2,33,34,35,36,37,38,39,40);1-7,11H;/q;;+1/p-1. The molecule has 2 aliphatic rings. The van der Waals surface area contributed by atoms with Crippen LogP contribution in [0, 0.1) is 0 Å². The Kier molecular flexibility index (Phi) is 7.38. The molecule has 8 nitrogen and oxygen atoms in total. The largest absolute Gasteiger partial charge is 0.324 e. The molecule has 0 saturated heterocycles. The van der Waals surface area contributed by atoms with Gasteiger partial charge in [0.2, 0.25) is 0 Å². The van der Waals surface area contributed by atoms with Crippen molar-refractivity contribution in [3.05, 3.63) is 140 Å². The van der Waals surface area contributed by atoms with E-state index in [0.717, 1.165) is 48.7 Å². The molecular formula is C42H25CuN8S. The van der Waals surface area contributed by atoms with Gasteiger partial charge in [-0.3, -0.25) is 0 Å². The SMILES string of the molecule is [Cu][S]c1ccc2ccccc2c1.c1ccc2c(c1)-c1nc-2nc2[nH]c(nc3nc(nc4[nH]c(n1)c1ccccc41)-c1ccccc1-3)c1ccccc21. The zero-order chi connectivity index (χ0) is 34.6. The van der Waals surface area contributed by atoms with Crippen LogP contribution in [0.2, 0.25) is 0 Å². The second kappa shape index (κ2) is 12.5. The summed E-state index contributed by atoms with van der Waals surface area (Å²) in [6.45, 7) is 0. The summed E-state index contributed by atoms with van der Waals surface area (Å²) in [7, 11) is 1.35. The van der Waals surface area contributed by atoms with Gasteiger partial charge >= 0.3 is 83.2 Å².